The fourth-order valence-corrected chi connectivity index (χ4v) is 3.37. The molecule has 100 valence electrons. The van der Waals surface area contributed by atoms with E-state index in [2.05, 4.69) is 10.3 Å². The van der Waals surface area contributed by atoms with Crippen LogP contribution in [-0.2, 0) is 0 Å². The predicted molar refractivity (Wildman–Crippen MR) is 77.5 cm³/mol. The molecule has 1 aromatic heterocycles. The van der Waals surface area contributed by atoms with Crippen LogP contribution in [0.2, 0.25) is 0 Å². The zero-order chi connectivity index (χ0) is 13.0. The maximum atomic E-state index is 12.1. The fraction of sp³-hybridized carbons (Fsp3) is 0.692. The van der Waals surface area contributed by atoms with Gasteiger partial charge in [0.05, 0.1) is 0 Å². The van der Waals surface area contributed by atoms with E-state index < -0.39 is 0 Å². The van der Waals surface area contributed by atoms with Gasteiger partial charge in [-0.25, -0.2) is 4.98 Å². The number of thioether (sulfide) groups is 1. The molecule has 2 rings (SSSR count). The molecule has 1 aromatic rings. The van der Waals surface area contributed by atoms with Crippen molar-refractivity contribution >= 4 is 17.6 Å². The molecular weight excluding hydrogens is 246 g/mol. The van der Waals surface area contributed by atoms with Crippen LogP contribution in [0, 0.1) is 0 Å². The standard InChI is InChI=1S/C13H21N3OS/c1-10(2)16-7-6-14-12(13(16)17)15-9-11-5-3-4-8-18-11/h6-7,10-11H,3-5,8-9H2,1-2H3,(H,14,15). The lowest BCUT2D eigenvalue weighted by Gasteiger charge is -2.21. The normalized spacial score (nSPS) is 20.1. The lowest BCUT2D eigenvalue weighted by Crippen LogP contribution is -2.28. The van der Waals surface area contributed by atoms with Crippen molar-refractivity contribution in [2.45, 2.75) is 44.4 Å². The van der Waals surface area contributed by atoms with Crippen LogP contribution in [0.4, 0.5) is 5.82 Å². The number of nitrogens with one attached hydrogen (secondary N) is 1. The third-order valence-corrected chi connectivity index (χ3v) is 4.59. The lowest BCUT2D eigenvalue weighted by molar-refractivity contribution is 0.574. The van der Waals surface area contributed by atoms with E-state index >= 15 is 0 Å². The first-order chi connectivity index (χ1) is 8.68. The Morgan fingerprint density at radius 2 is 2.39 bits per heavy atom. The Kier molecular flexibility index (Phi) is 4.69. The molecule has 0 aromatic carbocycles. The van der Waals surface area contributed by atoms with Gasteiger partial charge in [0.15, 0.2) is 5.82 Å². The summed E-state index contributed by atoms with van der Waals surface area (Å²) in [6.07, 6.45) is 7.30. The summed E-state index contributed by atoms with van der Waals surface area (Å²) >= 11 is 2.00. The number of hydrogen-bond acceptors (Lipinski definition) is 4. The molecule has 1 aliphatic rings. The molecule has 1 unspecified atom stereocenters. The molecule has 2 heterocycles. The maximum absolute atomic E-state index is 12.1. The van der Waals surface area contributed by atoms with Gasteiger partial charge in [-0.2, -0.15) is 11.8 Å². The van der Waals surface area contributed by atoms with Crippen LogP contribution in [0.15, 0.2) is 17.2 Å². The van der Waals surface area contributed by atoms with E-state index in [0.717, 1.165) is 6.54 Å². The summed E-state index contributed by atoms with van der Waals surface area (Å²) in [6, 6.07) is 0.171. The molecule has 0 amide bonds. The largest absolute Gasteiger partial charge is 0.364 e. The predicted octanol–water partition coefficient (Wildman–Crippen LogP) is 2.52. The highest BCUT2D eigenvalue weighted by Gasteiger charge is 2.15. The zero-order valence-corrected chi connectivity index (χ0v) is 11.9. The SMILES string of the molecule is CC(C)n1ccnc(NCC2CCCCS2)c1=O. The Morgan fingerprint density at radius 3 is 3.06 bits per heavy atom. The van der Waals surface area contributed by atoms with Crippen molar-refractivity contribution in [2.75, 3.05) is 17.6 Å². The van der Waals surface area contributed by atoms with E-state index in [1.165, 1.54) is 25.0 Å². The summed E-state index contributed by atoms with van der Waals surface area (Å²) in [7, 11) is 0. The van der Waals surface area contributed by atoms with Crippen molar-refractivity contribution in [1.82, 2.24) is 9.55 Å². The third-order valence-electron chi connectivity index (χ3n) is 3.20. The molecule has 1 N–H and O–H groups in total. The van der Waals surface area contributed by atoms with Gasteiger partial charge in [-0.15, -0.1) is 0 Å². The van der Waals surface area contributed by atoms with Crippen LogP contribution in [0.5, 0.6) is 0 Å². The quantitative estimate of drug-likeness (QED) is 0.910. The molecule has 0 bridgehead atoms. The molecule has 0 radical (unpaired) electrons. The minimum Gasteiger partial charge on any atom is -0.364 e. The van der Waals surface area contributed by atoms with Crippen molar-refractivity contribution in [1.29, 1.82) is 0 Å². The van der Waals surface area contributed by atoms with Crippen LogP contribution < -0.4 is 10.9 Å². The molecule has 1 aliphatic heterocycles. The Labute approximate surface area is 112 Å². The van der Waals surface area contributed by atoms with Crippen molar-refractivity contribution < 1.29 is 0 Å². The second-order valence-corrected chi connectivity index (χ2v) is 6.36. The molecule has 4 nitrogen and oxygen atoms in total. The highest BCUT2D eigenvalue weighted by molar-refractivity contribution is 7.99. The van der Waals surface area contributed by atoms with Gasteiger partial charge in [-0.3, -0.25) is 4.79 Å². The molecule has 0 spiro atoms. The van der Waals surface area contributed by atoms with E-state index in [1.807, 2.05) is 25.6 Å². The van der Waals surface area contributed by atoms with Crippen molar-refractivity contribution in [2.24, 2.45) is 0 Å². The second kappa shape index (κ2) is 6.27. The average Bonchev–Trinajstić information content (AvgIpc) is 2.38. The number of nitrogens with zero attached hydrogens (tertiary/aromatic N) is 2. The zero-order valence-electron chi connectivity index (χ0n) is 11.1. The first kappa shape index (κ1) is 13.5. The minimum absolute atomic E-state index is 0.0201. The van der Waals surface area contributed by atoms with Crippen molar-refractivity contribution in [3.05, 3.63) is 22.7 Å². The average molecular weight is 267 g/mol. The van der Waals surface area contributed by atoms with Gasteiger partial charge in [-0.1, -0.05) is 6.42 Å². The summed E-state index contributed by atoms with van der Waals surface area (Å²) in [4.78, 5) is 16.3. The van der Waals surface area contributed by atoms with Gasteiger partial charge in [-0.05, 0) is 32.4 Å². The van der Waals surface area contributed by atoms with E-state index in [1.54, 1.807) is 17.0 Å². The second-order valence-electron chi connectivity index (χ2n) is 4.95. The number of aromatic nitrogens is 2. The Balaban J connectivity index is 2.00. The maximum Gasteiger partial charge on any atom is 0.293 e. The van der Waals surface area contributed by atoms with E-state index in [-0.39, 0.29) is 11.6 Å². The molecule has 5 heteroatoms. The van der Waals surface area contributed by atoms with Crippen LogP contribution >= 0.6 is 11.8 Å². The molecule has 1 atom stereocenters. The van der Waals surface area contributed by atoms with E-state index in [0.29, 0.717) is 11.1 Å². The number of hydrogen-bond donors (Lipinski definition) is 1. The van der Waals surface area contributed by atoms with Gasteiger partial charge in [0.1, 0.15) is 0 Å². The summed E-state index contributed by atoms with van der Waals surface area (Å²) in [6.45, 7) is 4.85. The Morgan fingerprint density at radius 1 is 1.56 bits per heavy atom. The highest BCUT2D eigenvalue weighted by Crippen LogP contribution is 2.24. The summed E-state index contributed by atoms with van der Waals surface area (Å²) < 4.78 is 1.71. The topological polar surface area (TPSA) is 46.9 Å². The molecule has 1 fully saturated rings. The first-order valence-corrected chi connectivity index (χ1v) is 7.66. The molecule has 0 saturated carbocycles. The first-order valence-electron chi connectivity index (χ1n) is 6.61. The summed E-state index contributed by atoms with van der Waals surface area (Å²) in [5.41, 5.74) is -0.0201. The molecule has 0 aliphatic carbocycles. The molecular formula is C13H21N3OS. The van der Waals surface area contributed by atoms with E-state index in [9.17, 15) is 4.79 Å². The van der Waals surface area contributed by atoms with Gasteiger partial charge < -0.3 is 9.88 Å². The molecule has 1 saturated heterocycles. The monoisotopic (exact) mass is 267 g/mol. The van der Waals surface area contributed by atoms with Crippen LogP contribution in [0.25, 0.3) is 0 Å². The van der Waals surface area contributed by atoms with Crippen LogP contribution in [0.3, 0.4) is 0 Å². The van der Waals surface area contributed by atoms with Gasteiger partial charge in [0.2, 0.25) is 0 Å². The van der Waals surface area contributed by atoms with E-state index in [4.69, 9.17) is 0 Å². The lowest BCUT2D eigenvalue weighted by atomic mass is 10.2. The third kappa shape index (κ3) is 3.28. The van der Waals surface area contributed by atoms with Crippen molar-refractivity contribution in [3.63, 3.8) is 0 Å². The van der Waals surface area contributed by atoms with Crippen LogP contribution in [-0.4, -0.2) is 27.1 Å². The van der Waals surface area contributed by atoms with Crippen molar-refractivity contribution in [3.8, 4) is 0 Å². The summed E-state index contributed by atoms with van der Waals surface area (Å²) in [5, 5.41) is 3.83. The Hall–Kier alpha value is -0.970. The number of anilines is 1. The van der Waals surface area contributed by atoms with Gasteiger partial charge in [0.25, 0.3) is 5.56 Å². The summed E-state index contributed by atoms with van der Waals surface area (Å²) in [5.74, 6) is 1.72. The van der Waals surface area contributed by atoms with Crippen LogP contribution in [0.1, 0.15) is 39.2 Å². The van der Waals surface area contributed by atoms with Gasteiger partial charge in [0, 0.05) is 30.2 Å². The fourth-order valence-electron chi connectivity index (χ4n) is 2.13. The smallest absolute Gasteiger partial charge is 0.293 e. The number of rotatable bonds is 4. The highest BCUT2D eigenvalue weighted by atomic mass is 32.2. The Bertz CT molecular complexity index is 438. The molecule has 18 heavy (non-hydrogen) atoms. The minimum atomic E-state index is -0.0201. The van der Waals surface area contributed by atoms with Gasteiger partial charge >= 0.3 is 0 Å².